The number of hydrogen-bond acceptors (Lipinski definition) is 2. The van der Waals surface area contributed by atoms with Gasteiger partial charge >= 0.3 is 6.18 Å². The summed E-state index contributed by atoms with van der Waals surface area (Å²) in [6.45, 7) is -0.825. The molecule has 0 saturated heterocycles. The van der Waals surface area contributed by atoms with Gasteiger partial charge in [0.25, 0.3) is 0 Å². The summed E-state index contributed by atoms with van der Waals surface area (Å²) < 4.78 is 38.1. The molecule has 2 N–H and O–H groups in total. The van der Waals surface area contributed by atoms with Gasteiger partial charge in [0.05, 0.1) is 6.54 Å². The maximum Gasteiger partial charge on any atom is 0.406 e. The van der Waals surface area contributed by atoms with Crippen molar-refractivity contribution in [3.63, 3.8) is 0 Å². The first-order valence-corrected chi connectivity index (χ1v) is 6.02. The molecule has 19 heavy (non-hydrogen) atoms. The minimum Gasteiger partial charge on any atom is -0.354 e. The van der Waals surface area contributed by atoms with Crippen molar-refractivity contribution in [2.45, 2.75) is 38.1 Å². The fourth-order valence-corrected chi connectivity index (χ4v) is 1.62. The van der Waals surface area contributed by atoms with Gasteiger partial charge in [0, 0.05) is 25.5 Å². The standard InChI is InChI=1S/C11H16F3N5/c1-15-10(18-8-2-3-8)17-6-9-16-4-5-19(9)7-11(12,13)14/h4-5,8H,2-3,6-7H2,1H3,(H2,15,17,18). The third-order valence-electron chi connectivity index (χ3n) is 2.71. The number of rotatable bonds is 4. The first-order chi connectivity index (χ1) is 8.98. The smallest absolute Gasteiger partial charge is 0.354 e. The lowest BCUT2D eigenvalue weighted by Crippen LogP contribution is -2.38. The van der Waals surface area contributed by atoms with Gasteiger partial charge in [0.1, 0.15) is 12.4 Å². The van der Waals surface area contributed by atoms with Crippen molar-refractivity contribution in [3.05, 3.63) is 18.2 Å². The van der Waals surface area contributed by atoms with Crippen molar-refractivity contribution in [3.8, 4) is 0 Å². The molecule has 1 aromatic heterocycles. The molecule has 2 rings (SSSR count). The van der Waals surface area contributed by atoms with E-state index < -0.39 is 12.7 Å². The van der Waals surface area contributed by atoms with Gasteiger partial charge in [0.2, 0.25) is 0 Å². The molecule has 0 atom stereocenters. The summed E-state index contributed by atoms with van der Waals surface area (Å²) in [5.74, 6) is 0.917. The van der Waals surface area contributed by atoms with E-state index in [0.29, 0.717) is 17.8 Å². The molecule has 8 heteroatoms. The van der Waals surface area contributed by atoms with Gasteiger partial charge in [-0.25, -0.2) is 4.98 Å². The Balaban J connectivity index is 1.89. The lowest BCUT2D eigenvalue weighted by atomic mass is 10.5. The van der Waals surface area contributed by atoms with Crippen LogP contribution in [-0.2, 0) is 13.1 Å². The van der Waals surface area contributed by atoms with Crippen LogP contribution in [0.25, 0.3) is 0 Å². The number of hydrogen-bond donors (Lipinski definition) is 2. The summed E-state index contributed by atoms with van der Waals surface area (Å²) in [6, 6.07) is 0.432. The highest BCUT2D eigenvalue weighted by Crippen LogP contribution is 2.19. The summed E-state index contributed by atoms with van der Waals surface area (Å²) >= 11 is 0. The zero-order chi connectivity index (χ0) is 13.9. The molecule has 0 unspecified atom stereocenters. The third-order valence-corrected chi connectivity index (χ3v) is 2.71. The van der Waals surface area contributed by atoms with Crippen LogP contribution in [0.15, 0.2) is 17.4 Å². The average molecular weight is 275 g/mol. The minimum atomic E-state index is -4.25. The van der Waals surface area contributed by atoms with Gasteiger partial charge < -0.3 is 15.2 Å². The number of alkyl halides is 3. The van der Waals surface area contributed by atoms with Crippen LogP contribution in [0, 0.1) is 0 Å². The Bertz CT molecular complexity index is 447. The molecule has 0 amide bonds. The SMILES string of the molecule is CN=C(NCc1nccn1CC(F)(F)F)NC1CC1. The minimum absolute atomic E-state index is 0.204. The van der Waals surface area contributed by atoms with Crippen LogP contribution in [0.4, 0.5) is 13.2 Å². The van der Waals surface area contributed by atoms with E-state index in [-0.39, 0.29) is 6.54 Å². The topological polar surface area (TPSA) is 54.2 Å². The van der Waals surface area contributed by atoms with Crippen LogP contribution in [0.1, 0.15) is 18.7 Å². The van der Waals surface area contributed by atoms with E-state index >= 15 is 0 Å². The highest BCUT2D eigenvalue weighted by Gasteiger charge is 2.28. The Kier molecular flexibility index (Phi) is 3.96. The zero-order valence-corrected chi connectivity index (χ0v) is 10.5. The van der Waals surface area contributed by atoms with Crippen LogP contribution < -0.4 is 10.6 Å². The molecule has 0 aromatic carbocycles. The van der Waals surface area contributed by atoms with Crippen LogP contribution in [0.3, 0.4) is 0 Å². The van der Waals surface area contributed by atoms with E-state index in [1.54, 1.807) is 7.05 Å². The lowest BCUT2D eigenvalue weighted by molar-refractivity contribution is -0.141. The first-order valence-electron chi connectivity index (χ1n) is 6.02. The highest BCUT2D eigenvalue weighted by atomic mass is 19.4. The van der Waals surface area contributed by atoms with E-state index in [1.165, 1.54) is 12.4 Å². The summed E-state index contributed by atoms with van der Waals surface area (Å²) in [4.78, 5) is 7.93. The Morgan fingerprint density at radius 1 is 1.53 bits per heavy atom. The summed E-state index contributed by atoms with van der Waals surface area (Å²) in [5.41, 5.74) is 0. The molecule has 0 spiro atoms. The number of guanidine groups is 1. The zero-order valence-electron chi connectivity index (χ0n) is 10.5. The van der Waals surface area contributed by atoms with Crippen molar-refractivity contribution in [1.29, 1.82) is 0 Å². The third kappa shape index (κ3) is 4.46. The van der Waals surface area contributed by atoms with E-state index in [1.807, 2.05) is 0 Å². The normalized spacial score (nSPS) is 16.5. The number of imidazole rings is 1. The van der Waals surface area contributed by atoms with Gasteiger partial charge in [-0.05, 0) is 12.8 Å². The average Bonchev–Trinajstić information content (AvgIpc) is 3.04. The Hall–Kier alpha value is -1.73. The van der Waals surface area contributed by atoms with Gasteiger partial charge in [-0.3, -0.25) is 4.99 Å². The number of aromatic nitrogens is 2. The largest absolute Gasteiger partial charge is 0.406 e. The fraction of sp³-hybridized carbons (Fsp3) is 0.636. The molecule has 5 nitrogen and oxygen atoms in total. The fourth-order valence-electron chi connectivity index (χ4n) is 1.62. The van der Waals surface area contributed by atoms with E-state index in [4.69, 9.17) is 0 Å². The van der Waals surface area contributed by atoms with Crippen LogP contribution in [-0.4, -0.2) is 34.8 Å². The monoisotopic (exact) mass is 275 g/mol. The molecule has 0 bridgehead atoms. The number of halogens is 3. The van der Waals surface area contributed by atoms with Gasteiger partial charge in [-0.2, -0.15) is 13.2 Å². The molecule has 1 aliphatic carbocycles. The second-order valence-corrected chi connectivity index (χ2v) is 4.43. The summed E-state index contributed by atoms with van der Waals surface area (Å²) in [5, 5.41) is 6.11. The summed E-state index contributed by atoms with van der Waals surface area (Å²) in [6.07, 6.45) is 0.637. The van der Waals surface area contributed by atoms with Gasteiger partial charge in [-0.15, -0.1) is 0 Å². The maximum atomic E-state index is 12.3. The Morgan fingerprint density at radius 3 is 2.84 bits per heavy atom. The van der Waals surface area contributed by atoms with Crippen molar-refractivity contribution in [1.82, 2.24) is 20.2 Å². The van der Waals surface area contributed by atoms with Crippen LogP contribution in [0.2, 0.25) is 0 Å². The molecule has 1 heterocycles. The van der Waals surface area contributed by atoms with Crippen LogP contribution >= 0.6 is 0 Å². The first kappa shape index (κ1) is 13.7. The number of aliphatic imine (C=N–C) groups is 1. The molecular weight excluding hydrogens is 259 g/mol. The maximum absolute atomic E-state index is 12.3. The Morgan fingerprint density at radius 2 is 2.26 bits per heavy atom. The summed E-state index contributed by atoms with van der Waals surface area (Å²) in [7, 11) is 1.62. The van der Waals surface area contributed by atoms with Crippen LogP contribution in [0.5, 0.6) is 0 Å². The molecule has 0 radical (unpaired) electrons. The molecular formula is C11H16F3N5. The van der Waals surface area contributed by atoms with Gasteiger partial charge in [-0.1, -0.05) is 0 Å². The molecule has 1 aromatic rings. The van der Waals surface area contributed by atoms with Crippen molar-refractivity contribution in [2.75, 3.05) is 7.05 Å². The van der Waals surface area contributed by atoms with E-state index in [9.17, 15) is 13.2 Å². The Labute approximate surface area is 108 Å². The lowest BCUT2D eigenvalue weighted by Gasteiger charge is -2.13. The van der Waals surface area contributed by atoms with E-state index in [2.05, 4.69) is 20.6 Å². The predicted octanol–water partition coefficient (Wildman–Crippen LogP) is 1.27. The number of nitrogens with one attached hydrogen (secondary N) is 2. The van der Waals surface area contributed by atoms with Crippen molar-refractivity contribution >= 4 is 5.96 Å². The predicted molar refractivity (Wildman–Crippen MR) is 64.6 cm³/mol. The molecule has 1 aliphatic rings. The van der Waals surface area contributed by atoms with Crippen molar-refractivity contribution < 1.29 is 13.2 Å². The quantitative estimate of drug-likeness (QED) is 0.643. The van der Waals surface area contributed by atoms with Gasteiger partial charge in [0.15, 0.2) is 5.96 Å². The molecule has 106 valence electrons. The highest BCUT2D eigenvalue weighted by molar-refractivity contribution is 5.80. The number of nitrogens with zero attached hydrogens (tertiary/aromatic N) is 3. The second kappa shape index (κ2) is 5.50. The molecule has 1 fully saturated rings. The molecule has 1 saturated carbocycles. The van der Waals surface area contributed by atoms with E-state index in [0.717, 1.165) is 17.4 Å². The molecule has 0 aliphatic heterocycles. The van der Waals surface area contributed by atoms with Crippen molar-refractivity contribution in [2.24, 2.45) is 4.99 Å². The second-order valence-electron chi connectivity index (χ2n) is 4.43.